The Morgan fingerprint density at radius 3 is 2.31 bits per heavy atom. The Hall–Kier alpha value is -0.603. The summed E-state index contributed by atoms with van der Waals surface area (Å²) in [6.45, 7) is 9.33. The zero-order valence-electron chi connectivity index (χ0n) is 15.6. The molecule has 0 heterocycles. The van der Waals surface area contributed by atoms with Crippen LogP contribution in [0.1, 0.15) is 39.2 Å². The summed E-state index contributed by atoms with van der Waals surface area (Å²) in [5.41, 5.74) is 0.0210. The van der Waals surface area contributed by atoms with Crippen molar-refractivity contribution >= 4 is 48.3 Å². The van der Waals surface area contributed by atoms with Crippen molar-refractivity contribution in [2.45, 2.75) is 58.6 Å². The Bertz CT molecular complexity index is 729. The number of carbonyl (C=O) groups is 1. The molecule has 0 N–H and O–H groups in total. The van der Waals surface area contributed by atoms with Gasteiger partial charge in [0.25, 0.3) is 25.1 Å². The fourth-order valence-electron chi connectivity index (χ4n) is 2.20. The Morgan fingerprint density at radius 1 is 1.19 bits per heavy atom. The van der Waals surface area contributed by atoms with Gasteiger partial charge in [-0.05, 0) is 42.6 Å². The highest BCUT2D eigenvalue weighted by Crippen LogP contribution is 2.29. The Kier molecular flexibility index (Phi) is 8.61. The molecule has 1 aromatic carbocycles. The van der Waals surface area contributed by atoms with Gasteiger partial charge in [-0.15, -0.1) is 0 Å². The quantitative estimate of drug-likeness (QED) is 0.428. The summed E-state index contributed by atoms with van der Waals surface area (Å²) < 4.78 is 35.6. The molecule has 0 amide bonds. The third-order valence-corrected chi connectivity index (χ3v) is 6.07. The van der Waals surface area contributed by atoms with Gasteiger partial charge < -0.3 is 4.43 Å². The van der Waals surface area contributed by atoms with Gasteiger partial charge in [-0.1, -0.05) is 50.0 Å². The SMILES string of the molecule is C[Si](C)OC(=O)CC[C@@H](OS(=O)(=O)Cc1ccc(Cl)c(Cl)c1)C(C)(C)C. The predicted molar refractivity (Wildman–Crippen MR) is 106 cm³/mol. The standard InChI is InChI=1S/C17H25Cl2O5SSi/c1-17(2,3)15(8-9-16(20)24-26(4)5)23-25(21,22)11-12-6-7-13(18)14(19)10-12/h6-7,10,15H,8-9,11H2,1-5H3/t15-/m1/s1. The molecular weight excluding hydrogens is 415 g/mol. The molecule has 0 saturated heterocycles. The number of carbonyl (C=O) groups excluding carboxylic acids is 1. The van der Waals surface area contributed by atoms with Crippen LogP contribution in [0.3, 0.4) is 0 Å². The van der Waals surface area contributed by atoms with E-state index >= 15 is 0 Å². The highest BCUT2D eigenvalue weighted by atomic mass is 35.5. The van der Waals surface area contributed by atoms with Crippen molar-refractivity contribution in [2.24, 2.45) is 5.41 Å². The lowest BCUT2D eigenvalue weighted by Gasteiger charge is -2.30. The molecular formula is C17H25Cl2O5SSi. The second-order valence-corrected chi connectivity index (χ2v) is 11.8. The number of hydrogen-bond donors (Lipinski definition) is 0. The molecule has 0 fully saturated rings. The summed E-state index contributed by atoms with van der Waals surface area (Å²) in [4.78, 5) is 11.8. The van der Waals surface area contributed by atoms with Gasteiger partial charge in [0.2, 0.25) is 0 Å². The van der Waals surface area contributed by atoms with E-state index in [9.17, 15) is 13.2 Å². The fraction of sp³-hybridized carbons (Fsp3) is 0.588. The maximum absolute atomic E-state index is 12.5. The van der Waals surface area contributed by atoms with E-state index in [2.05, 4.69) is 0 Å². The molecule has 0 bridgehead atoms. The molecule has 1 aromatic rings. The van der Waals surface area contributed by atoms with Crippen molar-refractivity contribution in [3.05, 3.63) is 33.8 Å². The summed E-state index contributed by atoms with van der Waals surface area (Å²) in [6, 6.07) is 4.63. The average Bonchev–Trinajstić information content (AvgIpc) is 2.45. The minimum Gasteiger partial charge on any atom is -0.518 e. The van der Waals surface area contributed by atoms with Crippen LogP contribution in [0, 0.1) is 5.41 Å². The minimum absolute atomic E-state index is 0.111. The van der Waals surface area contributed by atoms with E-state index in [-0.39, 0.29) is 29.6 Å². The third kappa shape index (κ3) is 8.39. The molecule has 0 saturated carbocycles. The van der Waals surface area contributed by atoms with Gasteiger partial charge in [0, 0.05) is 6.42 Å². The molecule has 9 heteroatoms. The first-order chi connectivity index (χ1) is 11.8. The Labute approximate surface area is 167 Å². The topological polar surface area (TPSA) is 69.7 Å². The second kappa shape index (κ2) is 9.55. The van der Waals surface area contributed by atoms with Gasteiger partial charge in [0.05, 0.1) is 16.1 Å². The molecule has 5 nitrogen and oxygen atoms in total. The van der Waals surface area contributed by atoms with Gasteiger partial charge in [-0.25, -0.2) is 0 Å². The van der Waals surface area contributed by atoms with Crippen LogP contribution in [-0.4, -0.2) is 29.5 Å². The van der Waals surface area contributed by atoms with Crippen LogP contribution < -0.4 is 0 Å². The molecule has 26 heavy (non-hydrogen) atoms. The maximum atomic E-state index is 12.5. The lowest BCUT2D eigenvalue weighted by molar-refractivity contribution is -0.135. The molecule has 1 atom stereocenters. The molecule has 0 aliphatic rings. The lowest BCUT2D eigenvalue weighted by Crippen LogP contribution is -2.33. The van der Waals surface area contributed by atoms with E-state index in [0.29, 0.717) is 10.6 Å². The third-order valence-electron chi connectivity index (χ3n) is 3.48. The molecule has 0 unspecified atom stereocenters. The largest absolute Gasteiger partial charge is 0.518 e. The summed E-state index contributed by atoms with van der Waals surface area (Å²) in [5, 5.41) is 0.638. The van der Waals surface area contributed by atoms with Crippen LogP contribution >= 0.6 is 23.2 Å². The van der Waals surface area contributed by atoms with Gasteiger partial charge in [-0.2, -0.15) is 8.42 Å². The Balaban J connectivity index is 2.82. The molecule has 0 aromatic heterocycles. The van der Waals surface area contributed by atoms with Gasteiger partial charge in [-0.3, -0.25) is 8.98 Å². The zero-order chi connectivity index (χ0) is 20.1. The van der Waals surface area contributed by atoms with E-state index in [1.165, 1.54) is 6.07 Å². The van der Waals surface area contributed by atoms with Crippen LogP contribution in [0.2, 0.25) is 23.1 Å². The monoisotopic (exact) mass is 439 g/mol. The van der Waals surface area contributed by atoms with E-state index in [4.69, 9.17) is 31.8 Å². The summed E-state index contributed by atoms with van der Waals surface area (Å²) >= 11 is 11.8. The second-order valence-electron chi connectivity index (χ2n) is 7.32. The molecule has 0 aliphatic carbocycles. The molecule has 0 spiro atoms. The van der Waals surface area contributed by atoms with Crippen molar-refractivity contribution in [2.75, 3.05) is 0 Å². The molecule has 147 valence electrons. The first-order valence-corrected chi connectivity index (χ1v) is 12.9. The van der Waals surface area contributed by atoms with Crippen LogP contribution in [0.15, 0.2) is 18.2 Å². The van der Waals surface area contributed by atoms with Gasteiger partial charge in [0.1, 0.15) is 5.75 Å². The van der Waals surface area contributed by atoms with E-state index in [0.717, 1.165) is 0 Å². The molecule has 1 radical (unpaired) electrons. The van der Waals surface area contributed by atoms with E-state index in [1.807, 2.05) is 33.9 Å². The van der Waals surface area contributed by atoms with Crippen molar-refractivity contribution in [1.29, 1.82) is 0 Å². The minimum atomic E-state index is -3.87. The van der Waals surface area contributed by atoms with Gasteiger partial charge >= 0.3 is 0 Å². The first-order valence-electron chi connectivity index (χ1n) is 8.16. The smallest absolute Gasteiger partial charge is 0.292 e. The zero-order valence-corrected chi connectivity index (χ0v) is 19.0. The van der Waals surface area contributed by atoms with Crippen molar-refractivity contribution < 1.29 is 21.8 Å². The van der Waals surface area contributed by atoms with Crippen LogP contribution in [-0.2, 0) is 29.3 Å². The highest BCUT2D eigenvalue weighted by molar-refractivity contribution is 7.85. The molecule has 0 aliphatic heterocycles. The van der Waals surface area contributed by atoms with Crippen molar-refractivity contribution in [3.63, 3.8) is 0 Å². The summed E-state index contributed by atoms with van der Waals surface area (Å²) in [6.07, 6.45) is -0.273. The highest BCUT2D eigenvalue weighted by Gasteiger charge is 2.31. The fourth-order valence-corrected chi connectivity index (χ4v) is 4.47. The number of benzene rings is 1. The van der Waals surface area contributed by atoms with E-state index < -0.39 is 30.7 Å². The lowest BCUT2D eigenvalue weighted by atomic mass is 9.86. The van der Waals surface area contributed by atoms with Crippen LogP contribution in [0.25, 0.3) is 0 Å². The van der Waals surface area contributed by atoms with Crippen LogP contribution in [0.5, 0.6) is 0 Å². The molecule has 1 rings (SSSR count). The summed E-state index contributed by atoms with van der Waals surface area (Å²) in [5.74, 6) is -0.651. The average molecular weight is 440 g/mol. The maximum Gasteiger partial charge on any atom is 0.292 e. The first kappa shape index (κ1) is 23.4. The summed E-state index contributed by atoms with van der Waals surface area (Å²) in [7, 11) is -5.00. The van der Waals surface area contributed by atoms with Crippen molar-refractivity contribution in [1.82, 2.24) is 0 Å². The number of halogens is 2. The predicted octanol–water partition coefficient (Wildman–Crippen LogP) is 4.83. The number of hydrogen-bond acceptors (Lipinski definition) is 5. The van der Waals surface area contributed by atoms with E-state index in [1.54, 1.807) is 12.1 Å². The van der Waals surface area contributed by atoms with Crippen molar-refractivity contribution in [3.8, 4) is 0 Å². The van der Waals surface area contributed by atoms with Gasteiger partial charge in [0.15, 0.2) is 0 Å². The van der Waals surface area contributed by atoms with Crippen LogP contribution in [0.4, 0.5) is 0 Å². The Morgan fingerprint density at radius 2 is 1.81 bits per heavy atom. The normalized spacial score (nSPS) is 13.7. The number of rotatable bonds is 8.